The highest BCUT2D eigenvalue weighted by atomic mass is 127. The highest BCUT2D eigenvalue weighted by Crippen LogP contribution is 2.36. The SMILES string of the molecule is CC(CO)CCCNC1CCCc2sc(I)cc21. The van der Waals surface area contributed by atoms with Gasteiger partial charge in [-0.25, -0.2) is 0 Å². The third kappa shape index (κ3) is 3.92. The molecule has 0 saturated carbocycles. The average molecular weight is 379 g/mol. The monoisotopic (exact) mass is 379 g/mol. The van der Waals surface area contributed by atoms with Gasteiger partial charge in [0.05, 0.1) is 2.88 Å². The molecule has 0 fully saturated rings. The van der Waals surface area contributed by atoms with Gasteiger partial charge in [0.15, 0.2) is 0 Å². The van der Waals surface area contributed by atoms with Crippen molar-refractivity contribution in [2.24, 2.45) is 5.92 Å². The molecule has 1 aromatic heterocycles. The Morgan fingerprint density at radius 3 is 3.22 bits per heavy atom. The second kappa shape index (κ2) is 7.22. The summed E-state index contributed by atoms with van der Waals surface area (Å²) in [6, 6.07) is 2.92. The van der Waals surface area contributed by atoms with Crippen LogP contribution in [0, 0.1) is 8.80 Å². The minimum absolute atomic E-state index is 0.316. The summed E-state index contributed by atoms with van der Waals surface area (Å²) < 4.78 is 1.42. The van der Waals surface area contributed by atoms with Crippen molar-refractivity contribution in [2.75, 3.05) is 13.2 Å². The number of hydrogen-bond donors (Lipinski definition) is 2. The molecule has 2 nitrogen and oxygen atoms in total. The Morgan fingerprint density at radius 1 is 1.61 bits per heavy atom. The highest BCUT2D eigenvalue weighted by Gasteiger charge is 2.21. The molecule has 0 aromatic carbocycles. The van der Waals surface area contributed by atoms with Crippen LogP contribution < -0.4 is 5.32 Å². The van der Waals surface area contributed by atoms with E-state index in [0.717, 1.165) is 19.4 Å². The van der Waals surface area contributed by atoms with E-state index in [1.54, 1.807) is 10.4 Å². The molecule has 4 heteroatoms. The molecule has 0 saturated heterocycles. The minimum Gasteiger partial charge on any atom is -0.396 e. The Bertz CT molecular complexity index is 380. The van der Waals surface area contributed by atoms with Gasteiger partial charge in [-0.15, -0.1) is 11.3 Å². The maximum atomic E-state index is 9.00. The zero-order valence-corrected chi connectivity index (χ0v) is 13.9. The van der Waals surface area contributed by atoms with Crippen molar-refractivity contribution in [2.45, 2.75) is 45.1 Å². The lowest BCUT2D eigenvalue weighted by atomic mass is 9.94. The van der Waals surface area contributed by atoms with E-state index in [9.17, 15) is 0 Å². The number of aliphatic hydroxyl groups excluding tert-OH is 1. The molecule has 1 aromatic rings. The van der Waals surface area contributed by atoms with Gasteiger partial charge in [-0.1, -0.05) is 6.92 Å². The maximum absolute atomic E-state index is 9.00. The first kappa shape index (κ1) is 14.8. The predicted octanol–water partition coefficient (Wildman–Crippen LogP) is 3.73. The highest BCUT2D eigenvalue weighted by molar-refractivity contribution is 14.1. The lowest BCUT2D eigenvalue weighted by molar-refractivity contribution is 0.227. The lowest BCUT2D eigenvalue weighted by Crippen LogP contribution is -2.25. The van der Waals surface area contributed by atoms with E-state index >= 15 is 0 Å². The largest absolute Gasteiger partial charge is 0.396 e. The van der Waals surface area contributed by atoms with Crippen molar-refractivity contribution in [3.63, 3.8) is 0 Å². The molecule has 1 aliphatic carbocycles. The van der Waals surface area contributed by atoms with Gasteiger partial charge in [-0.05, 0) is 78.8 Å². The topological polar surface area (TPSA) is 32.3 Å². The van der Waals surface area contributed by atoms with E-state index in [-0.39, 0.29) is 0 Å². The fraction of sp³-hybridized carbons (Fsp3) is 0.714. The summed E-state index contributed by atoms with van der Waals surface area (Å²) in [4.78, 5) is 1.59. The maximum Gasteiger partial charge on any atom is 0.0659 e. The third-order valence-electron chi connectivity index (χ3n) is 3.66. The van der Waals surface area contributed by atoms with Crippen LogP contribution in [0.3, 0.4) is 0 Å². The molecule has 1 aliphatic rings. The van der Waals surface area contributed by atoms with Crippen molar-refractivity contribution >= 4 is 33.9 Å². The van der Waals surface area contributed by atoms with Crippen LogP contribution in [-0.2, 0) is 6.42 Å². The van der Waals surface area contributed by atoms with Gasteiger partial charge < -0.3 is 10.4 Å². The second-order valence-corrected chi connectivity index (χ2v) is 8.29. The van der Waals surface area contributed by atoms with Crippen LogP contribution in [0.25, 0.3) is 0 Å². The number of aliphatic hydroxyl groups is 1. The number of fused-ring (bicyclic) bond motifs is 1. The van der Waals surface area contributed by atoms with Gasteiger partial charge in [0.25, 0.3) is 0 Å². The van der Waals surface area contributed by atoms with Gasteiger partial charge in [0.2, 0.25) is 0 Å². The van der Waals surface area contributed by atoms with Crippen molar-refractivity contribution in [1.82, 2.24) is 5.32 Å². The van der Waals surface area contributed by atoms with Gasteiger partial charge in [0, 0.05) is 17.5 Å². The first-order valence-electron chi connectivity index (χ1n) is 6.83. The molecule has 2 N–H and O–H groups in total. The Balaban J connectivity index is 1.80. The van der Waals surface area contributed by atoms with E-state index in [1.807, 2.05) is 11.3 Å². The van der Waals surface area contributed by atoms with Crippen LogP contribution in [-0.4, -0.2) is 18.3 Å². The molecule has 0 aliphatic heterocycles. The number of halogens is 1. The van der Waals surface area contributed by atoms with Crippen molar-refractivity contribution in [1.29, 1.82) is 0 Å². The Labute approximate surface area is 127 Å². The number of hydrogen-bond acceptors (Lipinski definition) is 3. The van der Waals surface area contributed by atoms with Crippen LogP contribution >= 0.6 is 33.9 Å². The van der Waals surface area contributed by atoms with E-state index in [0.29, 0.717) is 18.6 Å². The first-order chi connectivity index (χ1) is 8.70. The molecular weight excluding hydrogens is 357 g/mol. The Kier molecular flexibility index (Phi) is 5.92. The number of thiophene rings is 1. The molecule has 1 heterocycles. The lowest BCUT2D eigenvalue weighted by Gasteiger charge is -2.24. The first-order valence-corrected chi connectivity index (χ1v) is 8.72. The average Bonchev–Trinajstić information content (AvgIpc) is 2.75. The molecular formula is C14H22INOS. The fourth-order valence-electron chi connectivity index (χ4n) is 2.55. The second-order valence-electron chi connectivity index (χ2n) is 5.26. The molecule has 0 amide bonds. The number of rotatable bonds is 6. The molecule has 2 unspecified atom stereocenters. The minimum atomic E-state index is 0.316. The molecule has 0 bridgehead atoms. The molecule has 2 rings (SSSR count). The smallest absolute Gasteiger partial charge is 0.0659 e. The Morgan fingerprint density at radius 2 is 2.44 bits per heavy atom. The Hall–Kier alpha value is 0.350. The predicted molar refractivity (Wildman–Crippen MR) is 86.2 cm³/mol. The molecule has 2 atom stereocenters. The van der Waals surface area contributed by atoms with E-state index in [2.05, 4.69) is 40.9 Å². The summed E-state index contributed by atoms with van der Waals surface area (Å²) in [5.74, 6) is 0.441. The van der Waals surface area contributed by atoms with E-state index in [4.69, 9.17) is 5.11 Å². The fourth-order valence-corrected chi connectivity index (χ4v) is 4.67. The zero-order chi connectivity index (χ0) is 13.0. The normalized spacial score (nSPS) is 20.7. The molecule has 0 radical (unpaired) electrons. The summed E-state index contributed by atoms with van der Waals surface area (Å²) >= 11 is 4.39. The third-order valence-corrected chi connectivity index (χ3v) is 5.63. The summed E-state index contributed by atoms with van der Waals surface area (Å²) in [5.41, 5.74) is 1.55. The van der Waals surface area contributed by atoms with Crippen molar-refractivity contribution in [3.05, 3.63) is 19.4 Å². The van der Waals surface area contributed by atoms with Gasteiger partial charge in [-0.2, -0.15) is 0 Å². The van der Waals surface area contributed by atoms with Crippen LogP contribution in [0.1, 0.15) is 49.1 Å². The van der Waals surface area contributed by atoms with Crippen molar-refractivity contribution in [3.8, 4) is 0 Å². The summed E-state index contributed by atoms with van der Waals surface area (Å²) in [6.45, 7) is 3.50. The zero-order valence-electron chi connectivity index (χ0n) is 10.9. The van der Waals surface area contributed by atoms with Gasteiger partial charge >= 0.3 is 0 Å². The molecule has 18 heavy (non-hydrogen) atoms. The van der Waals surface area contributed by atoms with Crippen LogP contribution in [0.5, 0.6) is 0 Å². The number of aryl methyl sites for hydroxylation is 1. The van der Waals surface area contributed by atoms with Crippen LogP contribution in [0.4, 0.5) is 0 Å². The summed E-state index contributed by atoms with van der Waals surface area (Å²) in [7, 11) is 0. The van der Waals surface area contributed by atoms with Crippen LogP contribution in [0.15, 0.2) is 6.07 Å². The van der Waals surface area contributed by atoms with Crippen LogP contribution in [0.2, 0.25) is 0 Å². The molecule has 0 spiro atoms. The van der Waals surface area contributed by atoms with Gasteiger partial charge in [0.1, 0.15) is 0 Å². The van der Waals surface area contributed by atoms with E-state index in [1.165, 1.54) is 22.1 Å². The quantitative estimate of drug-likeness (QED) is 0.583. The molecule has 102 valence electrons. The van der Waals surface area contributed by atoms with Crippen molar-refractivity contribution < 1.29 is 5.11 Å². The standard InChI is InChI=1S/C14H22INOS/c1-10(9-17)4-3-7-16-12-5-2-6-13-11(12)8-14(15)18-13/h8,10,12,16-17H,2-7,9H2,1H3. The summed E-state index contributed by atoms with van der Waals surface area (Å²) in [6.07, 6.45) is 6.13. The van der Waals surface area contributed by atoms with E-state index < -0.39 is 0 Å². The summed E-state index contributed by atoms with van der Waals surface area (Å²) in [5, 5.41) is 12.7. The van der Waals surface area contributed by atoms with Gasteiger partial charge in [-0.3, -0.25) is 0 Å². The number of nitrogens with one attached hydrogen (secondary N) is 1.